The van der Waals surface area contributed by atoms with Crippen LogP contribution in [0.25, 0.3) is 0 Å². The molecule has 74 valence electrons. The van der Waals surface area contributed by atoms with Gasteiger partial charge >= 0.3 is 0 Å². The molecular weight excluding hydrogens is 186 g/mol. The number of terminal acetylenes is 1. The van der Waals surface area contributed by atoms with Crippen molar-refractivity contribution >= 4 is 10.0 Å². The van der Waals surface area contributed by atoms with Gasteiger partial charge in [0.1, 0.15) is 0 Å². The number of nitrogens with zero attached hydrogens (tertiary/aromatic N) is 1. The second-order valence-corrected chi connectivity index (χ2v) is 5.73. The van der Waals surface area contributed by atoms with E-state index in [1.165, 1.54) is 4.31 Å². The molecular formula is C9H15NO2S. The normalized spacial score (nSPS) is 19.2. The van der Waals surface area contributed by atoms with Gasteiger partial charge in [0, 0.05) is 7.05 Å². The predicted molar refractivity (Wildman–Crippen MR) is 52.6 cm³/mol. The number of hydrogen-bond donors (Lipinski definition) is 0. The maximum Gasteiger partial charge on any atom is 0.217 e. The Morgan fingerprint density at radius 2 is 2.00 bits per heavy atom. The van der Waals surface area contributed by atoms with Gasteiger partial charge in [-0.3, -0.25) is 0 Å². The van der Waals surface area contributed by atoms with Crippen molar-refractivity contribution in [2.24, 2.45) is 0 Å². The fraction of sp³-hybridized carbons (Fsp3) is 0.778. The molecule has 1 saturated carbocycles. The van der Waals surface area contributed by atoms with Crippen molar-refractivity contribution in [2.75, 3.05) is 13.6 Å². The summed E-state index contributed by atoms with van der Waals surface area (Å²) in [6.45, 7) is 0.179. The first kappa shape index (κ1) is 10.6. The zero-order chi connectivity index (χ0) is 9.90. The molecule has 0 aliphatic heterocycles. The first-order valence-corrected chi connectivity index (χ1v) is 5.98. The molecule has 1 fully saturated rings. The van der Waals surface area contributed by atoms with E-state index in [4.69, 9.17) is 6.42 Å². The van der Waals surface area contributed by atoms with Crippen LogP contribution in [0.1, 0.15) is 25.7 Å². The van der Waals surface area contributed by atoms with E-state index in [0.29, 0.717) is 0 Å². The molecule has 1 aliphatic rings. The van der Waals surface area contributed by atoms with Crippen molar-refractivity contribution in [3.63, 3.8) is 0 Å². The molecule has 1 rings (SSSR count). The summed E-state index contributed by atoms with van der Waals surface area (Å²) in [5.74, 6) is 2.34. The van der Waals surface area contributed by atoms with Crippen molar-refractivity contribution < 1.29 is 8.42 Å². The van der Waals surface area contributed by atoms with E-state index in [1.54, 1.807) is 7.05 Å². The minimum absolute atomic E-state index is 0.179. The molecule has 0 aromatic heterocycles. The highest BCUT2D eigenvalue weighted by Gasteiger charge is 2.31. The van der Waals surface area contributed by atoms with Crippen LogP contribution in [-0.2, 0) is 10.0 Å². The standard InChI is InChI=1S/C9H15NO2S/c1-3-8-10(2)13(11,12)9-6-4-5-7-9/h1,9H,4-8H2,2H3. The number of hydrogen-bond acceptors (Lipinski definition) is 2. The molecule has 0 heterocycles. The topological polar surface area (TPSA) is 37.4 Å². The number of sulfonamides is 1. The number of rotatable bonds is 3. The predicted octanol–water partition coefficient (Wildman–Crippen LogP) is 0.824. The van der Waals surface area contributed by atoms with E-state index in [9.17, 15) is 8.42 Å². The Balaban J connectivity index is 2.70. The van der Waals surface area contributed by atoms with Crippen LogP contribution in [0.5, 0.6) is 0 Å². The van der Waals surface area contributed by atoms with Crippen LogP contribution in [0, 0.1) is 12.3 Å². The summed E-state index contributed by atoms with van der Waals surface area (Å²) in [7, 11) is -1.56. The quantitative estimate of drug-likeness (QED) is 0.634. The molecule has 13 heavy (non-hydrogen) atoms. The molecule has 0 unspecified atom stereocenters. The molecule has 0 amide bonds. The summed E-state index contributed by atoms with van der Waals surface area (Å²) in [5, 5.41) is -0.189. The molecule has 0 spiro atoms. The largest absolute Gasteiger partial charge is 0.217 e. The minimum atomic E-state index is -3.11. The molecule has 3 nitrogen and oxygen atoms in total. The summed E-state index contributed by atoms with van der Waals surface area (Å²) < 4.78 is 24.8. The third-order valence-electron chi connectivity index (χ3n) is 2.47. The highest BCUT2D eigenvalue weighted by Crippen LogP contribution is 2.26. The van der Waals surface area contributed by atoms with E-state index in [1.807, 2.05) is 0 Å². The lowest BCUT2D eigenvalue weighted by Gasteiger charge is -2.18. The van der Waals surface area contributed by atoms with Gasteiger partial charge in [-0.25, -0.2) is 8.42 Å². The van der Waals surface area contributed by atoms with E-state index in [0.717, 1.165) is 25.7 Å². The molecule has 0 aromatic carbocycles. The van der Waals surface area contributed by atoms with E-state index >= 15 is 0 Å². The van der Waals surface area contributed by atoms with Crippen LogP contribution >= 0.6 is 0 Å². The Bertz CT molecular complexity index is 296. The molecule has 0 bridgehead atoms. The van der Waals surface area contributed by atoms with Gasteiger partial charge in [-0.05, 0) is 12.8 Å². The van der Waals surface area contributed by atoms with Crippen LogP contribution in [0.3, 0.4) is 0 Å². The molecule has 4 heteroatoms. The van der Waals surface area contributed by atoms with Gasteiger partial charge in [0.25, 0.3) is 0 Å². The Hall–Kier alpha value is -0.530. The third-order valence-corrected chi connectivity index (χ3v) is 4.78. The van der Waals surface area contributed by atoms with Gasteiger partial charge in [0.05, 0.1) is 11.8 Å². The van der Waals surface area contributed by atoms with Crippen molar-refractivity contribution in [1.29, 1.82) is 0 Å². The lowest BCUT2D eigenvalue weighted by Crippen LogP contribution is -2.34. The van der Waals surface area contributed by atoms with Crippen molar-refractivity contribution in [2.45, 2.75) is 30.9 Å². The first-order chi connectivity index (χ1) is 6.09. The fourth-order valence-corrected chi connectivity index (χ4v) is 3.35. The summed E-state index contributed by atoms with van der Waals surface area (Å²) in [6, 6.07) is 0. The van der Waals surface area contributed by atoms with Gasteiger partial charge in [-0.1, -0.05) is 18.8 Å². The fourth-order valence-electron chi connectivity index (χ4n) is 1.66. The monoisotopic (exact) mass is 201 g/mol. The van der Waals surface area contributed by atoms with Crippen molar-refractivity contribution in [3.8, 4) is 12.3 Å². The zero-order valence-electron chi connectivity index (χ0n) is 7.86. The summed E-state index contributed by atoms with van der Waals surface area (Å²) in [6.07, 6.45) is 8.69. The Morgan fingerprint density at radius 3 is 2.46 bits per heavy atom. The minimum Gasteiger partial charge on any atom is -0.212 e. The maximum absolute atomic E-state index is 11.8. The summed E-state index contributed by atoms with van der Waals surface area (Å²) in [5.41, 5.74) is 0. The molecule has 0 N–H and O–H groups in total. The van der Waals surface area contributed by atoms with Crippen LogP contribution in [-0.4, -0.2) is 31.6 Å². The maximum atomic E-state index is 11.8. The van der Waals surface area contributed by atoms with Crippen LogP contribution in [0.15, 0.2) is 0 Å². The molecule has 0 saturated heterocycles. The van der Waals surface area contributed by atoms with Gasteiger partial charge < -0.3 is 0 Å². The second-order valence-electron chi connectivity index (χ2n) is 3.41. The molecule has 1 aliphatic carbocycles. The van der Waals surface area contributed by atoms with Gasteiger partial charge in [0.2, 0.25) is 10.0 Å². The van der Waals surface area contributed by atoms with Gasteiger partial charge in [0.15, 0.2) is 0 Å². The average molecular weight is 201 g/mol. The van der Waals surface area contributed by atoms with Crippen LogP contribution < -0.4 is 0 Å². The third kappa shape index (κ3) is 2.23. The highest BCUT2D eigenvalue weighted by atomic mass is 32.2. The average Bonchev–Trinajstić information content (AvgIpc) is 2.56. The Labute approximate surface area is 80.2 Å². The SMILES string of the molecule is C#CCN(C)S(=O)(=O)C1CCCC1. The second kappa shape index (κ2) is 4.12. The van der Waals surface area contributed by atoms with E-state index in [-0.39, 0.29) is 11.8 Å². The van der Waals surface area contributed by atoms with E-state index < -0.39 is 10.0 Å². The smallest absolute Gasteiger partial charge is 0.212 e. The highest BCUT2D eigenvalue weighted by molar-refractivity contribution is 7.89. The van der Waals surface area contributed by atoms with Crippen LogP contribution in [0.4, 0.5) is 0 Å². The lowest BCUT2D eigenvalue weighted by molar-refractivity contribution is 0.488. The van der Waals surface area contributed by atoms with Gasteiger partial charge in [-0.15, -0.1) is 6.42 Å². The van der Waals surface area contributed by atoms with Crippen molar-refractivity contribution in [1.82, 2.24) is 4.31 Å². The Morgan fingerprint density at radius 1 is 1.46 bits per heavy atom. The summed E-state index contributed by atoms with van der Waals surface area (Å²) in [4.78, 5) is 0. The van der Waals surface area contributed by atoms with Crippen molar-refractivity contribution in [3.05, 3.63) is 0 Å². The molecule has 0 radical (unpaired) electrons. The Kier molecular flexibility index (Phi) is 3.34. The molecule has 0 atom stereocenters. The van der Waals surface area contributed by atoms with Crippen LogP contribution in [0.2, 0.25) is 0 Å². The zero-order valence-corrected chi connectivity index (χ0v) is 8.68. The van der Waals surface area contributed by atoms with E-state index in [2.05, 4.69) is 5.92 Å². The molecule has 0 aromatic rings. The first-order valence-electron chi connectivity index (χ1n) is 4.47. The lowest BCUT2D eigenvalue weighted by atomic mass is 10.4. The van der Waals surface area contributed by atoms with Gasteiger partial charge in [-0.2, -0.15) is 4.31 Å². The summed E-state index contributed by atoms with van der Waals surface area (Å²) >= 11 is 0.